The predicted octanol–water partition coefficient (Wildman–Crippen LogP) is 2.46. The van der Waals surface area contributed by atoms with Crippen LogP contribution in [0.1, 0.15) is 45.2 Å². The summed E-state index contributed by atoms with van der Waals surface area (Å²) in [5.74, 6) is 0.0428. The largest absolute Gasteiger partial charge is 0.444 e. The molecule has 1 atom stereocenters. The van der Waals surface area contributed by atoms with Crippen molar-refractivity contribution in [1.29, 1.82) is 0 Å². The zero-order valence-corrected chi connectivity index (χ0v) is 16.3. The predicted molar refractivity (Wildman–Crippen MR) is 102 cm³/mol. The van der Waals surface area contributed by atoms with E-state index in [1.54, 1.807) is 6.92 Å². The van der Waals surface area contributed by atoms with E-state index in [2.05, 4.69) is 39.8 Å². The number of nitrogens with zero attached hydrogens (tertiary/aromatic N) is 1. The minimum Gasteiger partial charge on any atom is -0.444 e. The third kappa shape index (κ3) is 7.44. The monoisotopic (exact) mass is 361 g/mol. The van der Waals surface area contributed by atoms with Gasteiger partial charge in [-0.15, -0.1) is 0 Å². The summed E-state index contributed by atoms with van der Waals surface area (Å²) in [6.07, 6.45) is 1.40. The topological polar surface area (TPSA) is 70.7 Å². The van der Waals surface area contributed by atoms with Crippen LogP contribution < -0.4 is 10.6 Å². The maximum Gasteiger partial charge on any atom is 0.407 e. The van der Waals surface area contributed by atoms with Gasteiger partial charge in [-0.3, -0.25) is 9.69 Å². The van der Waals surface area contributed by atoms with Crippen LogP contribution >= 0.6 is 0 Å². The second-order valence-corrected chi connectivity index (χ2v) is 7.92. The molecule has 1 aromatic rings. The first-order valence-corrected chi connectivity index (χ1v) is 9.25. The Morgan fingerprint density at radius 1 is 1.19 bits per heavy atom. The number of amides is 2. The number of rotatable bonds is 6. The lowest BCUT2D eigenvalue weighted by Gasteiger charge is -2.19. The fourth-order valence-corrected chi connectivity index (χ4v) is 3.07. The van der Waals surface area contributed by atoms with Crippen LogP contribution in [0.5, 0.6) is 0 Å². The Labute approximate surface area is 156 Å². The maximum atomic E-state index is 11.6. The first-order chi connectivity index (χ1) is 12.2. The molecule has 0 aliphatic carbocycles. The van der Waals surface area contributed by atoms with Gasteiger partial charge in [0, 0.05) is 39.1 Å². The Morgan fingerprint density at radius 2 is 1.85 bits per heavy atom. The molecule has 144 valence electrons. The zero-order chi connectivity index (χ0) is 19.2. The van der Waals surface area contributed by atoms with E-state index in [4.69, 9.17) is 4.74 Å². The van der Waals surface area contributed by atoms with Crippen LogP contribution in [0, 0.1) is 0 Å². The van der Waals surface area contributed by atoms with Crippen molar-refractivity contribution < 1.29 is 14.3 Å². The molecule has 0 saturated carbocycles. The van der Waals surface area contributed by atoms with E-state index in [1.807, 2.05) is 20.8 Å². The molecule has 1 unspecified atom stereocenters. The van der Waals surface area contributed by atoms with Gasteiger partial charge < -0.3 is 15.4 Å². The van der Waals surface area contributed by atoms with Gasteiger partial charge in [-0.25, -0.2) is 4.79 Å². The van der Waals surface area contributed by atoms with Gasteiger partial charge in [0.1, 0.15) is 5.60 Å². The Hall–Kier alpha value is -2.08. The van der Waals surface area contributed by atoms with Gasteiger partial charge in [0.15, 0.2) is 0 Å². The third-order valence-electron chi connectivity index (χ3n) is 4.19. The second-order valence-electron chi connectivity index (χ2n) is 7.92. The number of nitrogens with one attached hydrogen (secondary N) is 2. The van der Waals surface area contributed by atoms with Gasteiger partial charge in [-0.05, 0) is 44.7 Å². The normalized spacial score (nSPS) is 17.8. The Kier molecular flexibility index (Phi) is 7.03. The number of alkyl carbamates (subject to hydrolysis) is 1. The molecular weight excluding hydrogens is 330 g/mol. The molecule has 6 nitrogen and oxygen atoms in total. The summed E-state index contributed by atoms with van der Waals surface area (Å²) >= 11 is 0. The van der Waals surface area contributed by atoms with Crippen LogP contribution in [0.25, 0.3) is 0 Å². The maximum absolute atomic E-state index is 11.6. The average Bonchev–Trinajstić information content (AvgIpc) is 2.93. The molecule has 1 aliphatic heterocycles. The number of carbonyl (C=O) groups excluding carboxylic acids is 2. The number of likely N-dealkylation sites (tertiary alicyclic amines) is 1. The lowest BCUT2D eigenvalue weighted by Crippen LogP contribution is -2.35. The van der Waals surface area contributed by atoms with E-state index in [0.29, 0.717) is 6.54 Å². The summed E-state index contributed by atoms with van der Waals surface area (Å²) < 4.78 is 5.22. The van der Waals surface area contributed by atoms with E-state index in [0.717, 1.165) is 32.5 Å². The van der Waals surface area contributed by atoms with Gasteiger partial charge in [0.05, 0.1) is 0 Å². The van der Waals surface area contributed by atoms with Crippen LogP contribution in [0.3, 0.4) is 0 Å². The van der Waals surface area contributed by atoms with Crippen LogP contribution in [-0.2, 0) is 22.5 Å². The highest BCUT2D eigenvalue weighted by molar-refractivity contribution is 5.73. The summed E-state index contributed by atoms with van der Waals surface area (Å²) in [5.41, 5.74) is 1.97. The minimum atomic E-state index is -0.472. The van der Waals surface area contributed by atoms with Gasteiger partial charge in [-0.1, -0.05) is 24.3 Å². The first kappa shape index (κ1) is 20.2. The summed E-state index contributed by atoms with van der Waals surface area (Å²) in [4.78, 5) is 25.1. The van der Waals surface area contributed by atoms with Crippen molar-refractivity contribution in [2.45, 2.75) is 58.7 Å². The molecule has 6 heteroatoms. The number of hydrogen-bond acceptors (Lipinski definition) is 4. The van der Waals surface area contributed by atoms with Gasteiger partial charge >= 0.3 is 6.09 Å². The van der Waals surface area contributed by atoms with Crippen molar-refractivity contribution in [3.8, 4) is 0 Å². The summed E-state index contributed by atoms with van der Waals surface area (Å²) in [6.45, 7) is 10.5. The molecule has 0 bridgehead atoms. The molecule has 2 amide bonds. The van der Waals surface area contributed by atoms with Crippen molar-refractivity contribution >= 4 is 12.0 Å². The highest BCUT2D eigenvalue weighted by Crippen LogP contribution is 2.14. The molecule has 0 spiro atoms. The third-order valence-corrected chi connectivity index (χ3v) is 4.19. The van der Waals surface area contributed by atoms with Gasteiger partial charge in [-0.2, -0.15) is 0 Å². The van der Waals surface area contributed by atoms with Crippen LogP contribution in [-0.4, -0.2) is 48.2 Å². The Balaban J connectivity index is 1.71. The summed E-state index contributed by atoms with van der Waals surface area (Å²) in [5, 5.41) is 5.77. The molecule has 26 heavy (non-hydrogen) atoms. The van der Waals surface area contributed by atoms with Crippen molar-refractivity contribution in [3.63, 3.8) is 0 Å². The van der Waals surface area contributed by atoms with Crippen LogP contribution in [0.2, 0.25) is 0 Å². The molecule has 1 aliphatic rings. The molecule has 1 aromatic carbocycles. The van der Waals surface area contributed by atoms with Crippen LogP contribution in [0.4, 0.5) is 4.79 Å². The first-order valence-electron chi connectivity index (χ1n) is 9.25. The molecule has 1 fully saturated rings. The zero-order valence-electron chi connectivity index (χ0n) is 16.3. The number of hydrogen-bond donors (Lipinski definition) is 2. The lowest BCUT2D eigenvalue weighted by atomic mass is 10.1. The Bertz CT molecular complexity index is 608. The van der Waals surface area contributed by atoms with E-state index in [-0.39, 0.29) is 18.0 Å². The standard InChI is InChI=1S/C20H31N3O3/c1-15(24)22-18-10-12-23(14-18)13-17-7-5-16(6-8-17)9-11-21-19(25)26-20(2,3)4/h5-8,18H,9-14H2,1-4H3,(H,21,25)(H,22,24). The van der Waals surface area contributed by atoms with Crippen molar-refractivity contribution in [3.05, 3.63) is 35.4 Å². The molecular formula is C20H31N3O3. The van der Waals surface area contributed by atoms with Crippen molar-refractivity contribution in [2.24, 2.45) is 0 Å². The van der Waals surface area contributed by atoms with Gasteiger partial charge in [0.25, 0.3) is 0 Å². The van der Waals surface area contributed by atoms with Crippen molar-refractivity contribution in [1.82, 2.24) is 15.5 Å². The fraction of sp³-hybridized carbons (Fsp3) is 0.600. The Morgan fingerprint density at radius 3 is 2.46 bits per heavy atom. The summed E-state index contributed by atoms with van der Waals surface area (Å²) in [6, 6.07) is 8.75. The molecule has 0 radical (unpaired) electrons. The fourth-order valence-electron chi connectivity index (χ4n) is 3.07. The smallest absolute Gasteiger partial charge is 0.407 e. The molecule has 1 heterocycles. The highest BCUT2D eigenvalue weighted by Gasteiger charge is 2.22. The SMILES string of the molecule is CC(=O)NC1CCN(Cc2ccc(CCNC(=O)OC(C)(C)C)cc2)C1. The molecule has 1 saturated heterocycles. The number of benzene rings is 1. The summed E-state index contributed by atoms with van der Waals surface area (Å²) in [7, 11) is 0. The second kappa shape index (κ2) is 9.03. The molecule has 2 rings (SSSR count). The highest BCUT2D eigenvalue weighted by atomic mass is 16.6. The van der Waals surface area contributed by atoms with E-state index in [9.17, 15) is 9.59 Å². The van der Waals surface area contributed by atoms with Gasteiger partial charge in [0.2, 0.25) is 5.91 Å². The van der Waals surface area contributed by atoms with E-state index in [1.165, 1.54) is 11.1 Å². The number of ether oxygens (including phenoxy) is 1. The van der Waals surface area contributed by atoms with Crippen LogP contribution in [0.15, 0.2) is 24.3 Å². The lowest BCUT2D eigenvalue weighted by molar-refractivity contribution is -0.119. The average molecular weight is 361 g/mol. The molecule has 2 N–H and O–H groups in total. The molecule has 0 aromatic heterocycles. The van der Waals surface area contributed by atoms with E-state index < -0.39 is 5.60 Å². The van der Waals surface area contributed by atoms with E-state index >= 15 is 0 Å². The number of carbonyl (C=O) groups is 2. The minimum absolute atomic E-state index is 0.0428. The quantitative estimate of drug-likeness (QED) is 0.817. The van der Waals surface area contributed by atoms with Crippen molar-refractivity contribution in [2.75, 3.05) is 19.6 Å².